The number of H-pyrrole nitrogens is 1. The van der Waals surface area contributed by atoms with Crippen LogP contribution < -0.4 is 11.2 Å². The number of hydrogen-bond acceptors (Lipinski definition) is 6. The number of anilines is 1. The summed E-state index contributed by atoms with van der Waals surface area (Å²) in [5, 5.41) is 3.18. The molecule has 190 valence electrons. The second-order valence-electron chi connectivity index (χ2n) is 8.67. The maximum atomic E-state index is 14.4. The molecule has 1 amide bonds. The van der Waals surface area contributed by atoms with Gasteiger partial charge in [0.05, 0.1) is 5.92 Å². The quantitative estimate of drug-likeness (QED) is 0.199. The number of hydrogen-bond donors (Lipinski definition) is 3. The zero-order chi connectivity index (χ0) is 25.9. The van der Waals surface area contributed by atoms with E-state index < -0.39 is 17.9 Å². The fourth-order valence-electron chi connectivity index (χ4n) is 4.40. The van der Waals surface area contributed by atoms with E-state index in [9.17, 15) is 9.59 Å². The lowest BCUT2D eigenvalue weighted by molar-refractivity contribution is -0.156. The van der Waals surface area contributed by atoms with E-state index in [4.69, 9.17) is 10.7 Å². The first-order valence-corrected chi connectivity index (χ1v) is 12.3. The lowest BCUT2D eigenvalue weighted by Gasteiger charge is -2.33. The molecule has 8 heteroatoms. The number of nitrogens with zero attached hydrogens (tertiary/aromatic N) is 2. The Bertz CT molecular complexity index is 1200. The van der Waals surface area contributed by atoms with Gasteiger partial charge >= 0.3 is 5.97 Å². The third-order valence-corrected chi connectivity index (χ3v) is 6.20. The van der Waals surface area contributed by atoms with Gasteiger partial charge in [0, 0.05) is 25.5 Å². The molecule has 0 fully saturated rings. The molecule has 0 spiro atoms. The lowest BCUT2D eigenvalue weighted by Crippen LogP contribution is -2.48. The summed E-state index contributed by atoms with van der Waals surface area (Å²) < 4.78 is 0. The molecule has 0 aliphatic heterocycles. The Kier molecular flexibility index (Phi) is 9.04. The number of benzene rings is 3. The molecule has 8 nitrogen and oxygen atoms in total. The number of aromatic nitrogens is 2. The molecule has 0 unspecified atom stereocenters. The minimum absolute atomic E-state index is 0.198. The maximum absolute atomic E-state index is 14.4. The van der Waals surface area contributed by atoms with Gasteiger partial charge in [-0.3, -0.25) is 4.79 Å². The molecule has 0 aliphatic rings. The second-order valence-corrected chi connectivity index (χ2v) is 8.67. The van der Waals surface area contributed by atoms with Crippen LogP contribution in [-0.2, 0) is 21.0 Å². The first-order valence-electron chi connectivity index (χ1n) is 12.3. The molecule has 37 heavy (non-hydrogen) atoms. The summed E-state index contributed by atoms with van der Waals surface area (Å²) in [6.45, 7) is 0.789. The molecule has 4 aromatic rings. The van der Waals surface area contributed by atoms with E-state index >= 15 is 0 Å². The van der Waals surface area contributed by atoms with Crippen LogP contribution >= 0.6 is 0 Å². The van der Waals surface area contributed by atoms with Gasteiger partial charge in [-0.15, -0.1) is 0 Å². The summed E-state index contributed by atoms with van der Waals surface area (Å²) in [5.74, 6) is 4.56. The molecule has 0 bridgehead atoms. The third-order valence-electron chi connectivity index (χ3n) is 6.20. The normalized spacial score (nSPS) is 11.6. The number of carbonyl (C=O) groups is 2. The molecular formula is C29H31N5O3. The summed E-state index contributed by atoms with van der Waals surface area (Å²) in [6, 6.07) is 27.9. The van der Waals surface area contributed by atoms with E-state index in [1.807, 2.05) is 91.0 Å². The van der Waals surface area contributed by atoms with Gasteiger partial charge in [0.15, 0.2) is 5.95 Å². The molecule has 0 saturated heterocycles. The van der Waals surface area contributed by atoms with Gasteiger partial charge in [-0.25, -0.2) is 9.78 Å². The first kappa shape index (κ1) is 25.7. The average molecular weight is 498 g/mol. The van der Waals surface area contributed by atoms with Crippen LogP contribution in [0.25, 0.3) is 0 Å². The topological polar surface area (TPSA) is 113 Å². The molecule has 1 atom stereocenters. The Labute approximate surface area is 216 Å². The Morgan fingerprint density at radius 2 is 1.51 bits per heavy atom. The Morgan fingerprint density at radius 1 is 0.919 bits per heavy atom. The van der Waals surface area contributed by atoms with Gasteiger partial charge in [0.2, 0.25) is 5.91 Å². The van der Waals surface area contributed by atoms with Crippen LogP contribution in [-0.4, -0.2) is 39.3 Å². The van der Waals surface area contributed by atoms with E-state index in [-0.39, 0.29) is 12.5 Å². The van der Waals surface area contributed by atoms with Gasteiger partial charge in [-0.05, 0) is 29.5 Å². The number of nitrogens with one attached hydrogen (secondary N) is 2. The summed E-state index contributed by atoms with van der Waals surface area (Å²) in [5.41, 5.74) is 2.59. The van der Waals surface area contributed by atoms with E-state index in [2.05, 4.69) is 15.3 Å². The highest BCUT2D eigenvalue weighted by atomic mass is 16.7. The van der Waals surface area contributed by atoms with Crippen molar-refractivity contribution in [2.45, 2.75) is 31.3 Å². The van der Waals surface area contributed by atoms with E-state index in [1.165, 1.54) is 0 Å². The predicted molar refractivity (Wildman–Crippen MR) is 142 cm³/mol. The maximum Gasteiger partial charge on any atom is 0.347 e. The van der Waals surface area contributed by atoms with E-state index in [0.29, 0.717) is 25.3 Å². The second kappa shape index (κ2) is 13.0. The minimum atomic E-state index is -0.869. The van der Waals surface area contributed by atoms with Gasteiger partial charge in [-0.1, -0.05) is 91.0 Å². The average Bonchev–Trinajstić information content (AvgIpc) is 3.47. The molecule has 0 radical (unpaired) electrons. The molecule has 0 saturated carbocycles. The van der Waals surface area contributed by atoms with Crippen molar-refractivity contribution in [1.29, 1.82) is 0 Å². The van der Waals surface area contributed by atoms with Crippen molar-refractivity contribution in [2.24, 2.45) is 5.90 Å². The molecule has 3 aromatic carbocycles. The highest BCUT2D eigenvalue weighted by molar-refractivity contribution is 5.91. The summed E-state index contributed by atoms with van der Waals surface area (Å²) >= 11 is 0. The number of rotatable bonds is 12. The van der Waals surface area contributed by atoms with Crippen molar-refractivity contribution < 1.29 is 14.4 Å². The lowest BCUT2D eigenvalue weighted by atomic mass is 9.89. The van der Waals surface area contributed by atoms with Crippen LogP contribution in [0.4, 0.5) is 5.95 Å². The largest absolute Gasteiger partial charge is 0.372 e. The smallest absolute Gasteiger partial charge is 0.347 e. The van der Waals surface area contributed by atoms with Crippen LogP contribution in [0.15, 0.2) is 103 Å². The number of nitrogens with two attached hydrogens (primary N) is 1. The number of aromatic amines is 1. The van der Waals surface area contributed by atoms with Crippen molar-refractivity contribution in [2.75, 3.05) is 11.9 Å². The molecular weight excluding hydrogens is 466 g/mol. The van der Waals surface area contributed by atoms with Crippen molar-refractivity contribution >= 4 is 17.8 Å². The minimum Gasteiger partial charge on any atom is -0.372 e. The SMILES string of the molecule is NOC(=O)[C@@H](CCCNc1ncc[nH]1)N(Cc1ccccc1)C(=O)C(c1ccccc1)c1ccccc1. The molecule has 1 aromatic heterocycles. The first-order chi connectivity index (χ1) is 18.2. The Balaban J connectivity index is 1.66. The Hall–Kier alpha value is -4.43. The third kappa shape index (κ3) is 6.83. The monoisotopic (exact) mass is 497 g/mol. The summed E-state index contributed by atoms with van der Waals surface area (Å²) in [7, 11) is 0. The van der Waals surface area contributed by atoms with Crippen molar-refractivity contribution in [3.8, 4) is 0 Å². The van der Waals surface area contributed by atoms with E-state index in [0.717, 1.165) is 16.7 Å². The van der Waals surface area contributed by atoms with Crippen LogP contribution in [0.2, 0.25) is 0 Å². The van der Waals surface area contributed by atoms with Gasteiger partial charge < -0.3 is 20.0 Å². The summed E-state index contributed by atoms with van der Waals surface area (Å²) in [4.78, 5) is 40.8. The number of imidazole rings is 1. The van der Waals surface area contributed by atoms with Gasteiger partial charge in [0.1, 0.15) is 6.04 Å². The molecule has 1 heterocycles. The van der Waals surface area contributed by atoms with Crippen molar-refractivity contribution in [3.63, 3.8) is 0 Å². The Morgan fingerprint density at radius 3 is 2.05 bits per heavy atom. The van der Waals surface area contributed by atoms with Crippen molar-refractivity contribution in [3.05, 3.63) is 120 Å². The fourth-order valence-corrected chi connectivity index (χ4v) is 4.40. The number of carbonyl (C=O) groups excluding carboxylic acids is 2. The van der Waals surface area contributed by atoms with E-state index in [1.54, 1.807) is 17.3 Å². The van der Waals surface area contributed by atoms with Crippen LogP contribution in [0, 0.1) is 0 Å². The summed E-state index contributed by atoms with van der Waals surface area (Å²) in [6.07, 6.45) is 4.33. The zero-order valence-electron chi connectivity index (χ0n) is 20.5. The highest BCUT2D eigenvalue weighted by Crippen LogP contribution is 2.29. The van der Waals surface area contributed by atoms with Crippen molar-refractivity contribution in [1.82, 2.24) is 14.9 Å². The molecule has 4 N–H and O–H groups in total. The highest BCUT2D eigenvalue weighted by Gasteiger charge is 2.36. The molecule has 4 rings (SSSR count). The fraction of sp³-hybridized carbons (Fsp3) is 0.207. The van der Waals surface area contributed by atoms with Crippen LogP contribution in [0.3, 0.4) is 0 Å². The standard InChI is InChI=1S/C29H31N5O3/c30-37-28(36)25(17-10-18-31-29-32-19-20-33-29)34(21-22-11-4-1-5-12-22)27(35)26(23-13-6-2-7-14-23)24-15-8-3-9-16-24/h1-9,11-16,19-20,25-26H,10,17-18,21,30H2,(H2,31,32,33)/t25-/m1/s1. The molecule has 0 aliphatic carbocycles. The van der Waals surface area contributed by atoms with Gasteiger partial charge in [-0.2, -0.15) is 5.90 Å². The predicted octanol–water partition coefficient (Wildman–Crippen LogP) is 4.25. The van der Waals surface area contributed by atoms with Gasteiger partial charge in [0.25, 0.3) is 0 Å². The van der Waals surface area contributed by atoms with Crippen LogP contribution in [0.5, 0.6) is 0 Å². The van der Waals surface area contributed by atoms with Crippen LogP contribution in [0.1, 0.15) is 35.4 Å². The zero-order valence-corrected chi connectivity index (χ0v) is 20.5. The number of amides is 1.